The molecule has 2 aliphatic heterocycles. The van der Waals surface area contributed by atoms with Crippen LogP contribution in [0.3, 0.4) is 0 Å². The summed E-state index contributed by atoms with van der Waals surface area (Å²) >= 11 is 5.96. The number of fused-ring (bicyclic) bond motifs is 4. The lowest BCUT2D eigenvalue weighted by Crippen LogP contribution is -2.58. The zero-order valence-electron chi connectivity index (χ0n) is 21.8. The Kier molecular flexibility index (Phi) is 9.48. The van der Waals surface area contributed by atoms with E-state index in [-0.39, 0.29) is 47.0 Å². The molecule has 39 heavy (non-hydrogen) atoms. The normalized spacial score (nSPS) is 19.9. The van der Waals surface area contributed by atoms with Crippen LogP contribution in [-0.2, 0) is 4.79 Å². The third-order valence-electron chi connectivity index (χ3n) is 7.34. The number of hydrogen-bond acceptors (Lipinski definition) is 5. The van der Waals surface area contributed by atoms with E-state index in [0.29, 0.717) is 24.3 Å². The van der Waals surface area contributed by atoms with Gasteiger partial charge in [-0.3, -0.25) is 9.59 Å². The van der Waals surface area contributed by atoms with Crippen LogP contribution in [0.1, 0.15) is 53.3 Å². The lowest BCUT2D eigenvalue weighted by atomic mass is 9.98. The molecule has 2 amide bonds. The average molecular weight is 576 g/mol. The van der Waals surface area contributed by atoms with Crippen molar-refractivity contribution in [3.63, 3.8) is 0 Å². The predicted octanol–water partition coefficient (Wildman–Crippen LogP) is 4.33. The summed E-state index contributed by atoms with van der Waals surface area (Å²) in [5.74, 6) is -0.818. The number of anilines is 1. The number of nitrogens with zero attached hydrogens (tertiary/aromatic N) is 3. The van der Waals surface area contributed by atoms with Gasteiger partial charge in [-0.1, -0.05) is 42.6 Å². The van der Waals surface area contributed by atoms with Crippen molar-refractivity contribution in [2.24, 2.45) is 0 Å². The van der Waals surface area contributed by atoms with Gasteiger partial charge in [-0.2, -0.15) is 5.10 Å². The molecule has 0 saturated carbocycles. The van der Waals surface area contributed by atoms with Crippen LogP contribution >= 0.6 is 24.0 Å². The molecule has 3 N–H and O–H groups in total. The number of carbonyl (C=O) groups is 2. The first kappa shape index (κ1) is 28.9. The maximum Gasteiger partial charge on any atom is 0.255 e. The Morgan fingerprint density at radius 2 is 1.97 bits per heavy atom. The number of amides is 2. The second-order valence-corrected chi connectivity index (χ2v) is 10.2. The van der Waals surface area contributed by atoms with Gasteiger partial charge in [0.2, 0.25) is 5.91 Å². The van der Waals surface area contributed by atoms with E-state index >= 15 is 0 Å². The topological polar surface area (TPSA) is 91.3 Å². The zero-order chi connectivity index (χ0) is 26.6. The number of aromatic nitrogens is 2. The number of nitrogens with one attached hydrogen (secondary N) is 3. The summed E-state index contributed by atoms with van der Waals surface area (Å²) in [6.45, 7) is 4.48. The number of halogens is 3. The Hall–Kier alpha value is -3.14. The number of piperazine rings is 1. The van der Waals surface area contributed by atoms with Gasteiger partial charge in [-0.25, -0.2) is 9.07 Å². The fraction of sp³-hybridized carbons (Fsp3) is 0.393. The highest BCUT2D eigenvalue weighted by Crippen LogP contribution is 2.28. The lowest BCUT2D eigenvalue weighted by molar-refractivity contribution is -0.122. The molecule has 0 aliphatic carbocycles. The van der Waals surface area contributed by atoms with Gasteiger partial charge < -0.3 is 20.9 Å². The first-order valence-corrected chi connectivity index (χ1v) is 13.5. The van der Waals surface area contributed by atoms with Gasteiger partial charge in [0, 0.05) is 31.9 Å². The molecule has 0 radical (unpaired) electrons. The van der Waals surface area contributed by atoms with Gasteiger partial charge in [0.15, 0.2) is 5.82 Å². The second-order valence-electron chi connectivity index (χ2n) is 9.80. The van der Waals surface area contributed by atoms with Crippen molar-refractivity contribution in [3.8, 4) is 5.69 Å². The van der Waals surface area contributed by atoms with Crippen LogP contribution in [0.4, 0.5) is 10.1 Å². The molecule has 2 bridgehead atoms. The smallest absolute Gasteiger partial charge is 0.255 e. The van der Waals surface area contributed by atoms with Gasteiger partial charge in [-0.15, -0.1) is 12.4 Å². The summed E-state index contributed by atoms with van der Waals surface area (Å²) in [6, 6.07) is 12.3. The van der Waals surface area contributed by atoms with E-state index in [9.17, 15) is 14.0 Å². The molecule has 208 valence electrons. The SMILES string of the molecule is Cc1c(C(=O)N[C@H]2CCCCCNC(=O)[C@H]3CNCCN3c3cccc2c3)cnn1-c1cccc(Cl)c1F.Cl. The highest BCUT2D eigenvalue weighted by molar-refractivity contribution is 6.30. The van der Waals surface area contributed by atoms with E-state index in [1.54, 1.807) is 19.1 Å². The molecule has 1 fully saturated rings. The minimum atomic E-state index is -0.585. The monoisotopic (exact) mass is 574 g/mol. The van der Waals surface area contributed by atoms with Gasteiger partial charge in [0.05, 0.1) is 28.5 Å². The molecule has 11 heteroatoms. The van der Waals surface area contributed by atoms with Crippen LogP contribution in [0.2, 0.25) is 5.02 Å². The Balaban J connectivity index is 0.00000353. The molecule has 1 aromatic heterocycles. The van der Waals surface area contributed by atoms with Crippen molar-refractivity contribution in [2.75, 3.05) is 31.1 Å². The first-order valence-electron chi connectivity index (χ1n) is 13.1. The molecule has 2 aliphatic rings. The van der Waals surface area contributed by atoms with Crippen molar-refractivity contribution in [1.29, 1.82) is 0 Å². The Bertz CT molecular complexity index is 1330. The number of carbonyl (C=O) groups excluding carboxylic acids is 2. The van der Waals surface area contributed by atoms with Crippen molar-refractivity contribution < 1.29 is 14.0 Å². The van der Waals surface area contributed by atoms with Crippen LogP contribution in [0.5, 0.6) is 0 Å². The summed E-state index contributed by atoms with van der Waals surface area (Å²) in [5.41, 5.74) is 3.04. The van der Waals surface area contributed by atoms with Crippen LogP contribution in [0.25, 0.3) is 5.69 Å². The first-order chi connectivity index (χ1) is 18.4. The molecule has 0 spiro atoms. The Labute approximate surface area is 238 Å². The molecule has 3 aromatic rings. The average Bonchev–Trinajstić information content (AvgIpc) is 3.32. The van der Waals surface area contributed by atoms with Gasteiger partial charge in [-0.05, 0) is 49.6 Å². The zero-order valence-corrected chi connectivity index (χ0v) is 23.3. The summed E-state index contributed by atoms with van der Waals surface area (Å²) in [7, 11) is 0. The highest BCUT2D eigenvalue weighted by atomic mass is 35.5. The molecule has 5 rings (SSSR count). The third-order valence-corrected chi connectivity index (χ3v) is 7.63. The van der Waals surface area contributed by atoms with E-state index < -0.39 is 5.82 Å². The number of hydrogen-bond donors (Lipinski definition) is 3. The van der Waals surface area contributed by atoms with E-state index in [0.717, 1.165) is 50.0 Å². The van der Waals surface area contributed by atoms with Gasteiger partial charge in [0.1, 0.15) is 11.7 Å². The summed E-state index contributed by atoms with van der Waals surface area (Å²) in [6.07, 6.45) is 4.92. The van der Waals surface area contributed by atoms with Crippen molar-refractivity contribution in [3.05, 3.63) is 76.3 Å². The van der Waals surface area contributed by atoms with Crippen molar-refractivity contribution >= 4 is 41.5 Å². The largest absolute Gasteiger partial charge is 0.357 e. The van der Waals surface area contributed by atoms with E-state index in [1.807, 2.05) is 18.2 Å². The Morgan fingerprint density at radius 3 is 2.82 bits per heavy atom. The van der Waals surface area contributed by atoms with Crippen LogP contribution in [0, 0.1) is 12.7 Å². The quantitative estimate of drug-likeness (QED) is 0.433. The molecular formula is C28H33Cl2FN6O2. The number of benzene rings is 2. The van der Waals surface area contributed by atoms with E-state index in [2.05, 4.69) is 32.0 Å². The Morgan fingerprint density at radius 1 is 1.15 bits per heavy atom. The number of rotatable bonds is 3. The fourth-order valence-corrected chi connectivity index (χ4v) is 5.41. The van der Waals surface area contributed by atoms with Crippen LogP contribution in [0.15, 0.2) is 48.7 Å². The molecule has 0 unspecified atom stereocenters. The second kappa shape index (κ2) is 12.8. The minimum Gasteiger partial charge on any atom is -0.357 e. The maximum absolute atomic E-state index is 14.6. The molecular weight excluding hydrogens is 542 g/mol. The van der Waals surface area contributed by atoms with Gasteiger partial charge in [0.25, 0.3) is 5.91 Å². The van der Waals surface area contributed by atoms with Crippen molar-refractivity contribution in [2.45, 2.75) is 44.7 Å². The van der Waals surface area contributed by atoms with E-state index in [1.165, 1.54) is 16.9 Å². The maximum atomic E-state index is 14.6. The molecule has 8 nitrogen and oxygen atoms in total. The molecule has 2 atom stereocenters. The standard InChI is InChI=1S/C28H32ClFN6O2.ClH/c1-18-21(16-33-36(18)24-11-6-9-22(29)26(24)30)27(37)34-23-10-3-2-4-12-32-28(38)25-17-31-13-14-35(25)20-8-5-7-19(23)15-20;/h5-9,11,15-16,23,25,31H,2-4,10,12-14,17H2,1H3,(H,32,38)(H,34,37);1H/t23-,25+;/m0./s1. The third kappa shape index (κ3) is 6.21. The van der Waals surface area contributed by atoms with Crippen LogP contribution < -0.4 is 20.9 Å². The molecule has 2 aromatic carbocycles. The van der Waals surface area contributed by atoms with E-state index in [4.69, 9.17) is 11.6 Å². The summed E-state index contributed by atoms with van der Waals surface area (Å²) in [4.78, 5) is 28.5. The van der Waals surface area contributed by atoms with Crippen LogP contribution in [-0.4, -0.2) is 53.8 Å². The summed E-state index contributed by atoms with van der Waals surface area (Å²) in [5, 5.41) is 13.9. The fourth-order valence-electron chi connectivity index (χ4n) is 5.24. The van der Waals surface area contributed by atoms with Gasteiger partial charge >= 0.3 is 0 Å². The lowest BCUT2D eigenvalue weighted by Gasteiger charge is -2.37. The predicted molar refractivity (Wildman–Crippen MR) is 153 cm³/mol. The highest BCUT2D eigenvalue weighted by Gasteiger charge is 2.29. The molecule has 3 heterocycles. The summed E-state index contributed by atoms with van der Waals surface area (Å²) < 4.78 is 16.0. The molecule has 1 saturated heterocycles. The minimum absolute atomic E-state index is 0. The van der Waals surface area contributed by atoms with Crippen molar-refractivity contribution in [1.82, 2.24) is 25.7 Å².